The molecule has 0 atom stereocenters. The van der Waals surface area contributed by atoms with Crippen LogP contribution in [0.15, 0.2) is 24.3 Å². The van der Waals surface area contributed by atoms with Crippen molar-refractivity contribution >= 4 is 11.8 Å². The first-order chi connectivity index (χ1) is 6.66. The van der Waals surface area contributed by atoms with Gasteiger partial charge in [0.05, 0.1) is 11.1 Å². The summed E-state index contributed by atoms with van der Waals surface area (Å²) in [5, 5.41) is 10.6. The molecule has 0 aliphatic heterocycles. The summed E-state index contributed by atoms with van der Waals surface area (Å²) in [5.41, 5.74) is 5.37. The maximum Gasteiger partial charge on any atom is 0.253 e. The molecule has 0 aliphatic carbocycles. The summed E-state index contributed by atoms with van der Waals surface area (Å²) in [6, 6.07) is 6.13. The lowest BCUT2D eigenvalue weighted by Gasteiger charge is -2.05. The molecule has 5 heteroatoms. The molecule has 74 valence electrons. The van der Waals surface area contributed by atoms with E-state index in [4.69, 9.17) is 10.8 Å². The van der Waals surface area contributed by atoms with Gasteiger partial charge in [0.2, 0.25) is 5.91 Å². The van der Waals surface area contributed by atoms with Crippen molar-refractivity contribution in [1.82, 2.24) is 5.32 Å². The summed E-state index contributed by atoms with van der Waals surface area (Å²) >= 11 is 0. The predicted molar refractivity (Wildman–Crippen MR) is 49.5 cm³/mol. The third kappa shape index (κ3) is 2.08. The van der Waals surface area contributed by atoms with Gasteiger partial charge in [-0.05, 0) is 12.1 Å². The molecule has 1 rings (SSSR count). The number of hydrogen-bond donors (Lipinski definition) is 3. The molecule has 1 aromatic rings. The molecule has 1 aromatic carbocycles. The number of primary amides is 1. The largest absolute Gasteiger partial charge is 0.376 e. The fourth-order valence-corrected chi connectivity index (χ4v) is 1.06. The Morgan fingerprint density at radius 3 is 2.36 bits per heavy atom. The van der Waals surface area contributed by atoms with E-state index in [1.54, 1.807) is 12.1 Å². The molecule has 0 saturated heterocycles. The van der Waals surface area contributed by atoms with Crippen molar-refractivity contribution in [2.75, 3.05) is 6.73 Å². The monoisotopic (exact) mass is 194 g/mol. The van der Waals surface area contributed by atoms with Gasteiger partial charge in [0.1, 0.15) is 6.73 Å². The number of nitrogens with two attached hydrogens (primary N) is 1. The fraction of sp³-hybridized carbons (Fsp3) is 0.111. The first-order valence-electron chi connectivity index (χ1n) is 3.94. The molecule has 0 fully saturated rings. The average molecular weight is 194 g/mol. The minimum absolute atomic E-state index is 0.137. The predicted octanol–water partition coefficient (Wildman–Crippen LogP) is -0.535. The van der Waals surface area contributed by atoms with Crippen LogP contribution in [-0.2, 0) is 0 Å². The zero-order valence-corrected chi connectivity index (χ0v) is 7.36. The molecule has 0 bridgehead atoms. The maximum atomic E-state index is 11.3. The smallest absolute Gasteiger partial charge is 0.253 e. The van der Waals surface area contributed by atoms with Crippen molar-refractivity contribution in [3.63, 3.8) is 0 Å². The lowest BCUT2D eigenvalue weighted by Crippen LogP contribution is -2.27. The van der Waals surface area contributed by atoms with E-state index in [1.165, 1.54) is 12.1 Å². The fourth-order valence-electron chi connectivity index (χ4n) is 1.06. The Morgan fingerprint density at radius 2 is 1.86 bits per heavy atom. The summed E-state index contributed by atoms with van der Waals surface area (Å²) in [6.45, 7) is -0.480. The van der Waals surface area contributed by atoms with Gasteiger partial charge in [-0.3, -0.25) is 9.59 Å². The van der Waals surface area contributed by atoms with Crippen LogP contribution in [0.2, 0.25) is 0 Å². The Labute approximate surface area is 80.5 Å². The Balaban J connectivity index is 3.07. The van der Waals surface area contributed by atoms with Crippen molar-refractivity contribution in [1.29, 1.82) is 0 Å². The lowest BCUT2D eigenvalue weighted by atomic mass is 10.1. The van der Waals surface area contributed by atoms with Crippen molar-refractivity contribution < 1.29 is 14.7 Å². The highest BCUT2D eigenvalue weighted by Crippen LogP contribution is 2.07. The topological polar surface area (TPSA) is 92.4 Å². The number of hydrogen-bond acceptors (Lipinski definition) is 3. The molecule has 0 saturated carbocycles. The highest BCUT2D eigenvalue weighted by molar-refractivity contribution is 6.06. The summed E-state index contributed by atoms with van der Waals surface area (Å²) < 4.78 is 0. The number of aliphatic hydroxyl groups is 1. The van der Waals surface area contributed by atoms with Crippen LogP contribution >= 0.6 is 0 Å². The van der Waals surface area contributed by atoms with E-state index >= 15 is 0 Å². The number of aliphatic hydroxyl groups excluding tert-OH is 1. The van der Waals surface area contributed by atoms with Gasteiger partial charge in [0.15, 0.2) is 0 Å². The zero-order valence-electron chi connectivity index (χ0n) is 7.36. The first kappa shape index (κ1) is 10.2. The van der Waals surface area contributed by atoms with Gasteiger partial charge in [-0.15, -0.1) is 0 Å². The minimum Gasteiger partial charge on any atom is -0.376 e. The van der Waals surface area contributed by atoms with E-state index < -0.39 is 18.5 Å². The second kappa shape index (κ2) is 4.38. The van der Waals surface area contributed by atoms with Gasteiger partial charge in [0.25, 0.3) is 5.91 Å². The summed E-state index contributed by atoms with van der Waals surface area (Å²) in [4.78, 5) is 22.2. The highest BCUT2D eigenvalue weighted by Gasteiger charge is 2.12. The van der Waals surface area contributed by atoms with E-state index in [0.717, 1.165) is 0 Å². The third-order valence-corrected chi connectivity index (χ3v) is 1.68. The van der Waals surface area contributed by atoms with Crippen molar-refractivity contribution in [3.05, 3.63) is 35.4 Å². The average Bonchev–Trinajstić information content (AvgIpc) is 2.18. The molecule has 0 aromatic heterocycles. The van der Waals surface area contributed by atoms with Gasteiger partial charge in [-0.1, -0.05) is 12.1 Å². The molecule has 0 spiro atoms. The quantitative estimate of drug-likeness (QED) is 0.564. The Kier molecular flexibility index (Phi) is 3.19. The van der Waals surface area contributed by atoms with Crippen LogP contribution in [0.25, 0.3) is 0 Å². The minimum atomic E-state index is -0.673. The van der Waals surface area contributed by atoms with Crippen LogP contribution < -0.4 is 11.1 Å². The van der Waals surface area contributed by atoms with Crippen molar-refractivity contribution in [2.45, 2.75) is 0 Å². The van der Waals surface area contributed by atoms with E-state index in [2.05, 4.69) is 5.32 Å². The molecule has 0 radical (unpaired) electrons. The summed E-state index contributed by atoms with van der Waals surface area (Å²) in [5.74, 6) is -1.20. The van der Waals surface area contributed by atoms with Gasteiger partial charge in [0, 0.05) is 0 Å². The second-order valence-corrected chi connectivity index (χ2v) is 2.57. The summed E-state index contributed by atoms with van der Waals surface area (Å²) in [7, 11) is 0. The van der Waals surface area contributed by atoms with Crippen LogP contribution in [0.5, 0.6) is 0 Å². The third-order valence-electron chi connectivity index (χ3n) is 1.68. The molecule has 2 amide bonds. The zero-order chi connectivity index (χ0) is 10.6. The molecular weight excluding hydrogens is 184 g/mol. The van der Waals surface area contributed by atoms with Crippen LogP contribution in [0.3, 0.4) is 0 Å². The Morgan fingerprint density at radius 1 is 1.29 bits per heavy atom. The first-order valence-corrected chi connectivity index (χ1v) is 3.94. The molecule has 4 N–H and O–H groups in total. The van der Waals surface area contributed by atoms with Gasteiger partial charge >= 0.3 is 0 Å². The molecular formula is C9H10N2O3. The van der Waals surface area contributed by atoms with Gasteiger partial charge in [-0.2, -0.15) is 0 Å². The number of rotatable bonds is 3. The Hall–Kier alpha value is -1.88. The van der Waals surface area contributed by atoms with Crippen molar-refractivity contribution in [3.8, 4) is 0 Å². The number of carbonyl (C=O) groups is 2. The SMILES string of the molecule is NC(=O)c1ccccc1C(=O)NCO. The molecule has 0 heterocycles. The summed E-state index contributed by atoms with van der Waals surface area (Å²) in [6.07, 6.45) is 0. The number of nitrogens with one attached hydrogen (secondary N) is 1. The number of amides is 2. The maximum absolute atomic E-state index is 11.3. The van der Waals surface area contributed by atoms with E-state index in [1.807, 2.05) is 0 Å². The van der Waals surface area contributed by atoms with Crippen LogP contribution in [-0.4, -0.2) is 23.7 Å². The van der Waals surface area contributed by atoms with Crippen LogP contribution in [0, 0.1) is 0 Å². The highest BCUT2D eigenvalue weighted by atomic mass is 16.3. The number of benzene rings is 1. The normalized spacial score (nSPS) is 9.50. The van der Waals surface area contributed by atoms with Crippen LogP contribution in [0.4, 0.5) is 0 Å². The molecule has 0 aliphatic rings. The number of carbonyl (C=O) groups excluding carboxylic acids is 2. The molecule has 5 nitrogen and oxygen atoms in total. The second-order valence-electron chi connectivity index (χ2n) is 2.57. The standard InChI is InChI=1S/C9H10N2O3/c10-8(13)6-3-1-2-4-7(6)9(14)11-5-12/h1-4,12H,5H2,(H2,10,13)(H,11,14). The Bertz CT molecular complexity index is 363. The lowest BCUT2D eigenvalue weighted by molar-refractivity contribution is 0.0898. The van der Waals surface area contributed by atoms with Crippen LogP contribution in [0.1, 0.15) is 20.7 Å². The van der Waals surface area contributed by atoms with E-state index in [9.17, 15) is 9.59 Å². The molecule has 14 heavy (non-hydrogen) atoms. The van der Waals surface area contributed by atoms with Crippen molar-refractivity contribution in [2.24, 2.45) is 5.73 Å². The van der Waals surface area contributed by atoms with Gasteiger partial charge < -0.3 is 16.2 Å². The van der Waals surface area contributed by atoms with E-state index in [0.29, 0.717) is 0 Å². The molecule has 0 unspecified atom stereocenters. The van der Waals surface area contributed by atoms with Gasteiger partial charge in [-0.25, -0.2) is 0 Å². The van der Waals surface area contributed by atoms with E-state index in [-0.39, 0.29) is 11.1 Å².